The maximum Gasteiger partial charge on any atom is 0.271 e. The number of carbonyl (C=O) groups is 1. The van der Waals surface area contributed by atoms with Crippen molar-refractivity contribution >= 4 is 35.3 Å². The summed E-state index contributed by atoms with van der Waals surface area (Å²) in [5.41, 5.74) is 4.38. The van der Waals surface area contributed by atoms with Gasteiger partial charge in [0.25, 0.3) is 5.91 Å². The van der Waals surface area contributed by atoms with E-state index < -0.39 is 0 Å². The van der Waals surface area contributed by atoms with Crippen LogP contribution in [0.2, 0.25) is 10.0 Å². The highest BCUT2D eigenvalue weighted by atomic mass is 35.5. The largest absolute Gasteiger partial charge is 0.497 e. The number of nitrogens with zero attached hydrogens (tertiary/aromatic N) is 1. The van der Waals surface area contributed by atoms with Crippen LogP contribution in [0.3, 0.4) is 0 Å². The molecule has 0 heterocycles. The molecule has 0 aliphatic carbocycles. The second-order valence-corrected chi connectivity index (χ2v) is 7.16. The van der Waals surface area contributed by atoms with E-state index in [-0.39, 0.29) is 12.5 Å². The highest BCUT2D eigenvalue weighted by molar-refractivity contribution is 6.32. The monoisotopic (exact) mass is 458 g/mol. The summed E-state index contributed by atoms with van der Waals surface area (Å²) in [7, 11) is 3.08. The fourth-order valence-corrected chi connectivity index (χ4v) is 3.16. The van der Waals surface area contributed by atoms with E-state index in [1.54, 1.807) is 49.6 Å². The molecule has 3 aromatic rings. The van der Waals surface area contributed by atoms with Crippen molar-refractivity contribution in [2.45, 2.75) is 6.61 Å². The normalized spacial score (nSPS) is 10.7. The van der Waals surface area contributed by atoms with E-state index in [0.29, 0.717) is 38.4 Å². The summed E-state index contributed by atoms with van der Waals surface area (Å²) in [6.45, 7) is 0.237. The number of amides is 1. The zero-order valence-corrected chi connectivity index (χ0v) is 18.4. The fourth-order valence-electron chi connectivity index (χ4n) is 2.69. The number of benzene rings is 3. The average molecular weight is 459 g/mol. The van der Waals surface area contributed by atoms with Crippen LogP contribution in [0.1, 0.15) is 21.5 Å². The number of halogens is 2. The Bertz CT molecular complexity index is 1090. The summed E-state index contributed by atoms with van der Waals surface area (Å²) in [6.07, 6.45) is 1.47. The zero-order chi connectivity index (χ0) is 22.2. The molecule has 1 N–H and O–H groups in total. The molecule has 0 saturated carbocycles. The maximum atomic E-state index is 12.2. The van der Waals surface area contributed by atoms with Crippen LogP contribution >= 0.6 is 23.2 Å². The number of hydrogen-bond acceptors (Lipinski definition) is 5. The predicted octanol–water partition coefficient (Wildman–Crippen LogP) is 5.35. The van der Waals surface area contributed by atoms with Gasteiger partial charge in [0.05, 0.1) is 25.5 Å². The van der Waals surface area contributed by atoms with Crippen LogP contribution in [0, 0.1) is 0 Å². The van der Waals surface area contributed by atoms with Crippen LogP contribution < -0.4 is 19.6 Å². The summed E-state index contributed by atoms with van der Waals surface area (Å²) in [4.78, 5) is 12.2. The molecule has 31 heavy (non-hydrogen) atoms. The van der Waals surface area contributed by atoms with Gasteiger partial charge >= 0.3 is 0 Å². The molecule has 0 spiro atoms. The molecule has 0 saturated heterocycles. The molecule has 3 rings (SSSR count). The lowest BCUT2D eigenvalue weighted by Gasteiger charge is -2.14. The molecule has 160 valence electrons. The lowest BCUT2D eigenvalue weighted by atomic mass is 10.2. The van der Waals surface area contributed by atoms with Crippen molar-refractivity contribution in [2.75, 3.05) is 14.2 Å². The van der Waals surface area contributed by atoms with Crippen LogP contribution in [0.5, 0.6) is 17.2 Å². The maximum absolute atomic E-state index is 12.2. The lowest BCUT2D eigenvalue weighted by Crippen LogP contribution is -2.17. The molecule has 1 amide bonds. The van der Waals surface area contributed by atoms with Crippen LogP contribution in [0.25, 0.3) is 0 Å². The van der Waals surface area contributed by atoms with Crippen molar-refractivity contribution in [3.8, 4) is 17.2 Å². The topological polar surface area (TPSA) is 69.2 Å². The molecule has 8 heteroatoms. The highest BCUT2D eigenvalue weighted by Crippen LogP contribution is 2.37. The molecule has 0 fully saturated rings. The van der Waals surface area contributed by atoms with Gasteiger partial charge < -0.3 is 14.2 Å². The fraction of sp³-hybridized carbons (Fsp3) is 0.130. The van der Waals surface area contributed by atoms with Crippen LogP contribution in [0.15, 0.2) is 65.8 Å². The minimum Gasteiger partial charge on any atom is -0.497 e. The number of hydrazone groups is 1. The number of rotatable bonds is 8. The predicted molar refractivity (Wildman–Crippen MR) is 122 cm³/mol. The van der Waals surface area contributed by atoms with E-state index in [2.05, 4.69) is 10.5 Å². The van der Waals surface area contributed by atoms with Crippen molar-refractivity contribution in [1.29, 1.82) is 0 Å². The molecule has 3 aromatic carbocycles. The molecule has 0 radical (unpaired) electrons. The molecule has 0 aliphatic rings. The number of nitrogens with one attached hydrogen (secondary N) is 1. The van der Waals surface area contributed by atoms with E-state index in [1.807, 2.05) is 18.2 Å². The number of carbonyl (C=O) groups excluding carboxylic acids is 1. The zero-order valence-electron chi connectivity index (χ0n) is 16.9. The van der Waals surface area contributed by atoms with Crippen LogP contribution in [0.4, 0.5) is 0 Å². The van der Waals surface area contributed by atoms with Gasteiger partial charge in [0.1, 0.15) is 12.4 Å². The minimum atomic E-state index is -0.350. The summed E-state index contributed by atoms with van der Waals surface area (Å²) in [5.74, 6) is 1.14. The Morgan fingerprint density at radius 2 is 1.74 bits per heavy atom. The van der Waals surface area contributed by atoms with E-state index in [9.17, 15) is 4.79 Å². The first-order valence-electron chi connectivity index (χ1n) is 9.23. The van der Waals surface area contributed by atoms with Crippen molar-refractivity contribution in [3.05, 3.63) is 87.4 Å². The van der Waals surface area contributed by atoms with Crippen molar-refractivity contribution in [3.63, 3.8) is 0 Å². The molecular formula is C23H20Cl2N2O4. The van der Waals surface area contributed by atoms with Gasteiger partial charge in [-0.2, -0.15) is 5.10 Å². The number of hydrogen-bond donors (Lipinski definition) is 1. The van der Waals surface area contributed by atoms with Gasteiger partial charge in [0.2, 0.25) is 0 Å². The second-order valence-electron chi connectivity index (χ2n) is 6.34. The summed E-state index contributed by atoms with van der Waals surface area (Å²) in [5, 5.41) is 4.93. The molecule has 0 aromatic heterocycles. The van der Waals surface area contributed by atoms with Gasteiger partial charge in [0, 0.05) is 16.1 Å². The quantitative estimate of drug-likeness (QED) is 0.364. The van der Waals surface area contributed by atoms with Gasteiger partial charge in [0.15, 0.2) is 11.5 Å². The van der Waals surface area contributed by atoms with Crippen molar-refractivity contribution in [2.24, 2.45) is 5.10 Å². The van der Waals surface area contributed by atoms with Crippen molar-refractivity contribution < 1.29 is 19.0 Å². The Morgan fingerprint density at radius 1 is 1.00 bits per heavy atom. The first kappa shape index (κ1) is 22.5. The first-order chi connectivity index (χ1) is 15.0. The Hall–Kier alpha value is -3.22. The minimum absolute atomic E-state index is 0.237. The third-order valence-corrected chi connectivity index (χ3v) is 4.96. The second kappa shape index (κ2) is 10.7. The molecule has 6 nitrogen and oxygen atoms in total. The molecule has 0 bridgehead atoms. The SMILES string of the molecule is COc1ccc(C(=O)NN=Cc2cc(Cl)c(OCc3ccccc3Cl)c(OC)c2)cc1. The Balaban J connectivity index is 1.68. The average Bonchev–Trinajstić information content (AvgIpc) is 2.79. The van der Waals surface area contributed by atoms with E-state index in [4.69, 9.17) is 37.4 Å². The highest BCUT2D eigenvalue weighted by Gasteiger charge is 2.13. The molecule has 0 aliphatic heterocycles. The van der Waals surface area contributed by atoms with E-state index in [1.165, 1.54) is 13.3 Å². The van der Waals surface area contributed by atoms with E-state index in [0.717, 1.165) is 5.56 Å². The number of ether oxygens (including phenoxy) is 3. The third kappa shape index (κ3) is 5.90. The summed E-state index contributed by atoms with van der Waals surface area (Å²) in [6, 6.07) is 17.4. The smallest absolute Gasteiger partial charge is 0.271 e. The Kier molecular flexibility index (Phi) is 7.76. The van der Waals surface area contributed by atoms with Crippen LogP contribution in [-0.4, -0.2) is 26.3 Å². The van der Waals surface area contributed by atoms with Gasteiger partial charge in [-0.05, 0) is 48.0 Å². The van der Waals surface area contributed by atoms with Crippen molar-refractivity contribution in [1.82, 2.24) is 5.43 Å². The van der Waals surface area contributed by atoms with Gasteiger partial charge in [-0.15, -0.1) is 0 Å². The molecular weight excluding hydrogens is 439 g/mol. The standard InChI is InChI=1S/C23H20Cl2N2O4/c1-29-18-9-7-16(8-10-18)23(28)27-26-13-15-11-20(25)22(21(12-15)30-2)31-14-17-5-3-4-6-19(17)24/h3-13H,14H2,1-2H3,(H,27,28). The summed E-state index contributed by atoms with van der Waals surface area (Å²) < 4.78 is 16.3. The Labute approximate surface area is 190 Å². The van der Waals surface area contributed by atoms with Gasteiger partial charge in [-0.3, -0.25) is 4.79 Å². The third-order valence-electron chi connectivity index (χ3n) is 4.31. The summed E-state index contributed by atoms with van der Waals surface area (Å²) >= 11 is 12.6. The van der Waals surface area contributed by atoms with Gasteiger partial charge in [-0.25, -0.2) is 5.43 Å². The molecule has 0 atom stereocenters. The lowest BCUT2D eigenvalue weighted by molar-refractivity contribution is 0.0955. The van der Waals surface area contributed by atoms with Gasteiger partial charge in [-0.1, -0.05) is 41.4 Å². The Morgan fingerprint density at radius 3 is 2.42 bits per heavy atom. The number of methoxy groups -OCH3 is 2. The van der Waals surface area contributed by atoms with Crippen LogP contribution in [-0.2, 0) is 6.61 Å². The van der Waals surface area contributed by atoms with E-state index >= 15 is 0 Å². The first-order valence-corrected chi connectivity index (χ1v) is 9.98. The molecule has 0 unspecified atom stereocenters.